The van der Waals surface area contributed by atoms with Crippen molar-refractivity contribution in [2.24, 2.45) is 0 Å². The average molecular weight is 228 g/mol. The first-order chi connectivity index (χ1) is 6.95. The third-order valence-electron chi connectivity index (χ3n) is 2.96. The minimum atomic E-state index is -0.935. The maximum absolute atomic E-state index is 9.60. The number of hydrogen-bond acceptors (Lipinski definition) is 1. The summed E-state index contributed by atoms with van der Waals surface area (Å²) >= 11 is 0. The Balaban J connectivity index is 0.000000288. The van der Waals surface area contributed by atoms with Crippen molar-refractivity contribution in [1.82, 2.24) is 0 Å². The van der Waals surface area contributed by atoms with Gasteiger partial charge in [-0.25, -0.2) is 4.79 Å². The lowest BCUT2D eigenvalue weighted by molar-refractivity contribution is -0.132. The van der Waals surface area contributed by atoms with E-state index in [-0.39, 0.29) is 14.4 Å². The molecule has 0 bridgehead atoms. The molecule has 0 unspecified atom stereocenters. The molecule has 3 heteroatoms. The molecule has 0 amide bonds. The van der Waals surface area contributed by atoms with Gasteiger partial charge in [-0.2, -0.15) is 0 Å². The minimum Gasteiger partial charge on any atom is -0.478 e. The van der Waals surface area contributed by atoms with E-state index in [4.69, 9.17) is 5.11 Å². The van der Waals surface area contributed by atoms with E-state index in [1.807, 2.05) is 0 Å². The first-order valence-electron chi connectivity index (χ1n) is 5.84. The van der Waals surface area contributed by atoms with Gasteiger partial charge in [0, 0.05) is 14.4 Å². The van der Waals surface area contributed by atoms with Crippen molar-refractivity contribution in [1.29, 1.82) is 0 Å². The molecule has 0 atom stereocenters. The Morgan fingerprint density at radius 3 is 1.87 bits per heavy atom. The van der Waals surface area contributed by atoms with Crippen LogP contribution in [0.15, 0.2) is 12.2 Å². The first kappa shape index (κ1) is 14.4. The van der Waals surface area contributed by atoms with Gasteiger partial charge in [-0.15, -0.1) is 0 Å². The Morgan fingerprint density at radius 2 is 1.67 bits per heavy atom. The van der Waals surface area contributed by atoms with Gasteiger partial charge < -0.3 is 5.11 Å². The second-order valence-electron chi connectivity index (χ2n) is 4.73. The van der Waals surface area contributed by atoms with E-state index in [1.54, 1.807) is 12.8 Å². The van der Waals surface area contributed by atoms with Gasteiger partial charge in [-0.05, 0) is 12.5 Å². The molecule has 0 heterocycles. The molecule has 2 nitrogen and oxygen atoms in total. The fourth-order valence-electron chi connectivity index (χ4n) is 1.80. The predicted octanol–water partition coefficient (Wildman–Crippen LogP) is 3.45. The molecule has 1 saturated carbocycles. The number of rotatable bonds is 2. The molecule has 0 saturated heterocycles. The summed E-state index contributed by atoms with van der Waals surface area (Å²) in [6.45, 7) is 9.59. The SMILES string of the molecule is C=C(C)C(=O)O.C[SiH](C)C1CCCCC1. The maximum Gasteiger partial charge on any atom is 0.330 e. The zero-order valence-corrected chi connectivity index (χ0v) is 11.4. The molecule has 88 valence electrons. The van der Waals surface area contributed by atoms with Gasteiger partial charge in [-0.1, -0.05) is 51.8 Å². The largest absolute Gasteiger partial charge is 0.478 e. The molecule has 1 aliphatic carbocycles. The highest BCUT2D eigenvalue weighted by Gasteiger charge is 2.16. The average Bonchev–Trinajstić information content (AvgIpc) is 2.20. The van der Waals surface area contributed by atoms with Gasteiger partial charge in [0.05, 0.1) is 0 Å². The van der Waals surface area contributed by atoms with E-state index in [1.165, 1.54) is 31.7 Å². The number of carboxylic acid groups (broad SMARTS) is 1. The molecular formula is C12H24O2Si. The van der Waals surface area contributed by atoms with Crippen molar-refractivity contribution in [3.8, 4) is 0 Å². The molecule has 1 N–H and O–H groups in total. The highest BCUT2D eigenvalue weighted by molar-refractivity contribution is 6.57. The lowest BCUT2D eigenvalue weighted by atomic mass is 10.0. The van der Waals surface area contributed by atoms with Crippen molar-refractivity contribution in [3.05, 3.63) is 12.2 Å². The Kier molecular flexibility index (Phi) is 7.39. The predicted molar refractivity (Wildman–Crippen MR) is 68.2 cm³/mol. The van der Waals surface area contributed by atoms with Crippen LogP contribution in [0, 0.1) is 0 Å². The summed E-state index contributed by atoms with van der Waals surface area (Å²) in [6.07, 6.45) is 7.68. The quantitative estimate of drug-likeness (QED) is 0.580. The zero-order chi connectivity index (χ0) is 11.8. The summed E-state index contributed by atoms with van der Waals surface area (Å²) in [4.78, 5) is 9.60. The molecule has 0 aromatic heterocycles. The lowest BCUT2D eigenvalue weighted by Gasteiger charge is -2.23. The molecule has 15 heavy (non-hydrogen) atoms. The second kappa shape index (κ2) is 7.68. The molecule has 0 aromatic rings. The van der Waals surface area contributed by atoms with Crippen molar-refractivity contribution in [3.63, 3.8) is 0 Å². The van der Waals surface area contributed by atoms with Crippen LogP contribution < -0.4 is 0 Å². The lowest BCUT2D eigenvalue weighted by Crippen LogP contribution is -2.14. The summed E-state index contributed by atoms with van der Waals surface area (Å²) in [5.74, 6) is -0.935. The molecule has 1 fully saturated rings. The van der Waals surface area contributed by atoms with Crippen LogP contribution in [0.5, 0.6) is 0 Å². The van der Waals surface area contributed by atoms with Gasteiger partial charge in [0.2, 0.25) is 0 Å². The molecular weight excluding hydrogens is 204 g/mol. The fraction of sp³-hybridized carbons (Fsp3) is 0.750. The van der Waals surface area contributed by atoms with Crippen molar-refractivity contribution in [2.45, 2.75) is 57.7 Å². The normalized spacial score (nSPS) is 16.8. The smallest absolute Gasteiger partial charge is 0.330 e. The third kappa shape index (κ3) is 7.37. The Bertz CT molecular complexity index is 194. The Hall–Kier alpha value is -0.573. The van der Waals surface area contributed by atoms with Crippen LogP contribution in [-0.4, -0.2) is 19.9 Å². The van der Waals surface area contributed by atoms with Crippen LogP contribution in [0.3, 0.4) is 0 Å². The number of aliphatic carboxylic acids is 1. The van der Waals surface area contributed by atoms with Gasteiger partial charge in [0.25, 0.3) is 0 Å². The van der Waals surface area contributed by atoms with E-state index < -0.39 is 5.97 Å². The highest BCUT2D eigenvalue weighted by atomic mass is 28.3. The summed E-state index contributed by atoms with van der Waals surface area (Å²) in [7, 11) is -0.252. The van der Waals surface area contributed by atoms with E-state index in [2.05, 4.69) is 19.7 Å². The van der Waals surface area contributed by atoms with Crippen molar-refractivity contribution < 1.29 is 9.90 Å². The molecule has 0 spiro atoms. The van der Waals surface area contributed by atoms with E-state index in [0.29, 0.717) is 0 Å². The summed E-state index contributed by atoms with van der Waals surface area (Å²) in [5.41, 5.74) is 1.37. The fourth-order valence-corrected chi connectivity index (χ4v) is 3.61. The first-order valence-corrected chi connectivity index (χ1v) is 8.81. The molecule has 1 aliphatic rings. The van der Waals surface area contributed by atoms with Crippen LogP contribution in [0.2, 0.25) is 18.6 Å². The molecule has 0 radical (unpaired) electrons. The van der Waals surface area contributed by atoms with Crippen molar-refractivity contribution in [2.75, 3.05) is 0 Å². The number of carbonyl (C=O) groups is 1. The third-order valence-corrected chi connectivity index (χ3v) is 5.51. The standard InChI is InChI=1S/C8H18Si.C4H6O2/c1-9(2)8-6-4-3-5-7-8;1-3(2)4(5)6/h8-9H,3-7H2,1-2H3;1H2,2H3,(H,5,6). The van der Waals surface area contributed by atoms with Crippen LogP contribution >= 0.6 is 0 Å². The van der Waals surface area contributed by atoms with Crippen LogP contribution in [-0.2, 0) is 4.79 Å². The minimum absolute atomic E-state index is 0.176. The topological polar surface area (TPSA) is 37.3 Å². The molecule has 1 rings (SSSR count). The van der Waals surface area contributed by atoms with Crippen molar-refractivity contribution >= 4 is 14.8 Å². The van der Waals surface area contributed by atoms with Crippen LogP contribution in [0.1, 0.15) is 39.0 Å². The Labute approximate surface area is 95.0 Å². The summed E-state index contributed by atoms with van der Waals surface area (Å²) < 4.78 is 0. The molecule has 0 aromatic carbocycles. The Morgan fingerprint density at radius 1 is 1.27 bits per heavy atom. The van der Waals surface area contributed by atoms with Gasteiger partial charge in [0.15, 0.2) is 0 Å². The number of carboxylic acids is 1. The number of hydrogen-bond donors (Lipinski definition) is 1. The van der Waals surface area contributed by atoms with Gasteiger partial charge in [0.1, 0.15) is 0 Å². The van der Waals surface area contributed by atoms with Crippen LogP contribution in [0.4, 0.5) is 0 Å². The van der Waals surface area contributed by atoms with Gasteiger partial charge in [-0.3, -0.25) is 0 Å². The van der Waals surface area contributed by atoms with Crippen LogP contribution in [0.25, 0.3) is 0 Å². The zero-order valence-electron chi connectivity index (χ0n) is 10.3. The monoisotopic (exact) mass is 228 g/mol. The van der Waals surface area contributed by atoms with E-state index in [9.17, 15) is 4.79 Å². The molecule has 0 aliphatic heterocycles. The van der Waals surface area contributed by atoms with Gasteiger partial charge >= 0.3 is 5.97 Å². The highest BCUT2D eigenvalue weighted by Crippen LogP contribution is 2.30. The summed E-state index contributed by atoms with van der Waals surface area (Å²) in [5, 5.41) is 7.89. The van der Waals surface area contributed by atoms with E-state index >= 15 is 0 Å². The second-order valence-corrected chi connectivity index (χ2v) is 8.16. The maximum atomic E-state index is 9.60. The summed E-state index contributed by atoms with van der Waals surface area (Å²) in [6, 6.07) is 0. The van der Waals surface area contributed by atoms with E-state index in [0.717, 1.165) is 0 Å².